The van der Waals surface area contributed by atoms with Crippen LogP contribution in [0.25, 0.3) is 0 Å². The van der Waals surface area contributed by atoms with E-state index < -0.39 is 0 Å². The monoisotopic (exact) mass is 365 g/mol. The van der Waals surface area contributed by atoms with Crippen molar-refractivity contribution in [2.75, 3.05) is 11.9 Å². The average molecular weight is 367 g/mol. The fraction of sp³-hybridized carbons (Fsp3) is 0.235. The van der Waals surface area contributed by atoms with E-state index in [9.17, 15) is 4.79 Å². The van der Waals surface area contributed by atoms with E-state index in [1.54, 1.807) is 12.1 Å². The highest BCUT2D eigenvalue weighted by Crippen LogP contribution is 2.18. The van der Waals surface area contributed by atoms with Crippen LogP contribution in [0.3, 0.4) is 0 Å². The largest absolute Gasteiger partial charge is 0.333 e. The van der Waals surface area contributed by atoms with Crippen LogP contribution in [0.1, 0.15) is 21.5 Å². The summed E-state index contributed by atoms with van der Waals surface area (Å²) < 4.78 is 0. The van der Waals surface area contributed by atoms with E-state index in [-0.39, 0.29) is 5.91 Å². The number of amides is 1. The zero-order valence-corrected chi connectivity index (χ0v) is 14.2. The zero-order valence-electron chi connectivity index (χ0n) is 11.9. The van der Waals surface area contributed by atoms with Crippen LogP contribution in [0, 0.1) is 6.92 Å². The van der Waals surface area contributed by atoms with Crippen molar-refractivity contribution in [3.05, 3.63) is 70.2 Å². The van der Waals surface area contributed by atoms with Crippen molar-refractivity contribution in [2.45, 2.75) is 13.5 Å². The van der Waals surface area contributed by atoms with Gasteiger partial charge in [-0.1, -0.05) is 63.9 Å². The van der Waals surface area contributed by atoms with Crippen LogP contribution in [-0.2, 0) is 6.54 Å². The third kappa shape index (κ3) is 4.32. The number of alkyl halides is 1. The molecule has 0 radical (unpaired) electrons. The summed E-state index contributed by atoms with van der Waals surface area (Å²) in [4.78, 5) is 14.6. The molecule has 0 fully saturated rings. The number of carbonyl (C=O) groups is 1. The van der Waals surface area contributed by atoms with Crippen LogP contribution in [0.5, 0.6) is 0 Å². The molecule has 0 heterocycles. The van der Waals surface area contributed by atoms with Crippen LogP contribution in [0.2, 0.25) is 5.02 Å². The molecule has 2 rings (SSSR count). The molecule has 2 aromatic rings. The Morgan fingerprint density at radius 2 is 1.90 bits per heavy atom. The fourth-order valence-electron chi connectivity index (χ4n) is 2.15. The topological polar surface area (TPSA) is 20.3 Å². The van der Waals surface area contributed by atoms with E-state index in [0.717, 1.165) is 16.5 Å². The predicted octanol–water partition coefficient (Wildman–Crippen LogP) is 4.69. The van der Waals surface area contributed by atoms with E-state index in [4.69, 9.17) is 11.6 Å². The number of carbonyl (C=O) groups excluding carboxylic acids is 1. The van der Waals surface area contributed by atoms with E-state index in [0.29, 0.717) is 23.7 Å². The Hall–Kier alpha value is -1.32. The molecule has 0 atom stereocenters. The minimum Gasteiger partial charge on any atom is -0.333 e. The van der Waals surface area contributed by atoms with Gasteiger partial charge in [-0.15, -0.1) is 0 Å². The average Bonchev–Trinajstić information content (AvgIpc) is 2.49. The van der Waals surface area contributed by atoms with Gasteiger partial charge in [0.2, 0.25) is 0 Å². The maximum Gasteiger partial charge on any atom is 0.254 e. The van der Waals surface area contributed by atoms with E-state index in [2.05, 4.69) is 15.9 Å². The van der Waals surface area contributed by atoms with E-state index >= 15 is 0 Å². The van der Waals surface area contributed by atoms with Crippen LogP contribution in [0.4, 0.5) is 0 Å². The molecule has 0 unspecified atom stereocenters. The molecule has 2 nitrogen and oxygen atoms in total. The Labute approximate surface area is 138 Å². The highest BCUT2D eigenvalue weighted by Gasteiger charge is 2.17. The van der Waals surface area contributed by atoms with Gasteiger partial charge in [0.1, 0.15) is 0 Å². The number of hydrogen-bond donors (Lipinski definition) is 0. The third-order valence-electron chi connectivity index (χ3n) is 3.29. The third-order valence-corrected chi connectivity index (χ3v) is 3.88. The first-order valence-corrected chi connectivity index (χ1v) is 8.27. The molecule has 2 aromatic carbocycles. The minimum absolute atomic E-state index is 0.0123. The summed E-state index contributed by atoms with van der Waals surface area (Å²) in [7, 11) is 0. The van der Waals surface area contributed by atoms with Gasteiger partial charge in [0.05, 0.1) is 0 Å². The van der Waals surface area contributed by atoms with Crippen LogP contribution in [-0.4, -0.2) is 22.7 Å². The molecule has 0 aliphatic heterocycles. The molecular weight excluding hydrogens is 350 g/mol. The molecule has 0 aromatic heterocycles. The summed E-state index contributed by atoms with van der Waals surface area (Å²) in [5.41, 5.74) is 2.72. The van der Waals surface area contributed by atoms with Crippen molar-refractivity contribution < 1.29 is 4.79 Å². The summed E-state index contributed by atoms with van der Waals surface area (Å²) in [6.45, 7) is 3.18. The predicted molar refractivity (Wildman–Crippen MR) is 91.2 cm³/mol. The van der Waals surface area contributed by atoms with Gasteiger partial charge >= 0.3 is 0 Å². The first-order chi connectivity index (χ1) is 10.1. The molecular formula is C17H17BrClNO. The minimum atomic E-state index is 0.0123. The number of nitrogens with zero attached hydrogens (tertiary/aromatic N) is 1. The second-order valence-corrected chi connectivity index (χ2v) is 6.09. The number of hydrogen-bond acceptors (Lipinski definition) is 1. The number of aryl methyl sites for hydroxylation is 1. The maximum atomic E-state index is 12.8. The summed E-state index contributed by atoms with van der Waals surface area (Å²) in [6.07, 6.45) is 0. The van der Waals surface area contributed by atoms with Crippen molar-refractivity contribution in [3.63, 3.8) is 0 Å². The highest BCUT2D eigenvalue weighted by molar-refractivity contribution is 9.09. The standard InChI is InChI=1S/C17H17BrClNO/c1-13-7-8-15(19)11-16(13)17(21)20(10-9-18)12-14-5-3-2-4-6-14/h2-8,11H,9-10,12H2,1H3. The van der Waals surface area contributed by atoms with Crippen LogP contribution >= 0.6 is 27.5 Å². The second-order valence-electron chi connectivity index (χ2n) is 4.86. The highest BCUT2D eigenvalue weighted by atomic mass is 79.9. The molecule has 1 amide bonds. The van der Waals surface area contributed by atoms with Crippen molar-refractivity contribution in [2.24, 2.45) is 0 Å². The van der Waals surface area contributed by atoms with E-state index in [1.807, 2.05) is 48.2 Å². The quantitative estimate of drug-likeness (QED) is 0.703. The Balaban J connectivity index is 2.25. The SMILES string of the molecule is Cc1ccc(Cl)cc1C(=O)N(CCBr)Cc1ccccc1. The molecule has 0 saturated heterocycles. The lowest BCUT2D eigenvalue weighted by atomic mass is 10.1. The van der Waals surface area contributed by atoms with Gasteiger partial charge in [-0.2, -0.15) is 0 Å². The van der Waals surface area contributed by atoms with Gasteiger partial charge in [0, 0.05) is 29.0 Å². The summed E-state index contributed by atoms with van der Waals surface area (Å²) in [5.74, 6) is 0.0123. The molecule has 0 N–H and O–H groups in total. The number of rotatable bonds is 5. The fourth-order valence-corrected chi connectivity index (χ4v) is 2.75. The molecule has 0 bridgehead atoms. The Kier molecular flexibility index (Phi) is 5.83. The van der Waals surface area contributed by atoms with Gasteiger partial charge < -0.3 is 4.90 Å². The molecule has 0 saturated carbocycles. The zero-order chi connectivity index (χ0) is 15.2. The molecule has 4 heteroatoms. The van der Waals surface area contributed by atoms with Crippen molar-refractivity contribution in [1.82, 2.24) is 4.90 Å². The van der Waals surface area contributed by atoms with Crippen LogP contribution < -0.4 is 0 Å². The molecule has 0 aliphatic rings. The molecule has 21 heavy (non-hydrogen) atoms. The first-order valence-electron chi connectivity index (χ1n) is 6.77. The lowest BCUT2D eigenvalue weighted by molar-refractivity contribution is 0.0754. The van der Waals surface area contributed by atoms with Gasteiger partial charge in [-0.25, -0.2) is 0 Å². The van der Waals surface area contributed by atoms with Gasteiger partial charge in [0.25, 0.3) is 5.91 Å². The van der Waals surface area contributed by atoms with Gasteiger partial charge in [-0.05, 0) is 30.2 Å². The Morgan fingerprint density at radius 1 is 1.19 bits per heavy atom. The van der Waals surface area contributed by atoms with Gasteiger partial charge in [-0.3, -0.25) is 4.79 Å². The second kappa shape index (κ2) is 7.62. The van der Waals surface area contributed by atoms with Crippen molar-refractivity contribution in [1.29, 1.82) is 0 Å². The van der Waals surface area contributed by atoms with Crippen LogP contribution in [0.15, 0.2) is 48.5 Å². The molecule has 110 valence electrons. The summed E-state index contributed by atoms with van der Waals surface area (Å²) in [6, 6.07) is 15.4. The van der Waals surface area contributed by atoms with Crippen molar-refractivity contribution in [3.8, 4) is 0 Å². The van der Waals surface area contributed by atoms with Crippen molar-refractivity contribution >= 4 is 33.4 Å². The Bertz CT molecular complexity index is 615. The number of benzene rings is 2. The summed E-state index contributed by atoms with van der Waals surface area (Å²) >= 11 is 9.44. The summed E-state index contributed by atoms with van der Waals surface area (Å²) in [5, 5.41) is 1.33. The number of halogens is 2. The Morgan fingerprint density at radius 3 is 2.57 bits per heavy atom. The lowest BCUT2D eigenvalue weighted by Crippen LogP contribution is -2.32. The normalized spacial score (nSPS) is 10.4. The smallest absolute Gasteiger partial charge is 0.254 e. The van der Waals surface area contributed by atoms with Gasteiger partial charge in [0.15, 0.2) is 0 Å². The lowest BCUT2D eigenvalue weighted by Gasteiger charge is -2.23. The van der Waals surface area contributed by atoms with E-state index in [1.165, 1.54) is 0 Å². The maximum absolute atomic E-state index is 12.8. The molecule has 0 aliphatic carbocycles. The molecule has 0 spiro atoms. The first kappa shape index (κ1) is 16.1.